The average Bonchev–Trinajstić information content (AvgIpc) is 3.75. The van der Waals surface area contributed by atoms with Crippen LogP contribution in [0, 0.1) is 12.7 Å². The Hall–Kier alpha value is -5.56. The molecule has 12 heteroatoms. The highest BCUT2D eigenvalue weighted by Gasteiger charge is 2.36. The van der Waals surface area contributed by atoms with Gasteiger partial charge in [0.25, 0.3) is 11.8 Å². The number of fused-ring (bicyclic) bond motifs is 3. The molecule has 6 heterocycles. The Kier molecular flexibility index (Phi) is 9.80. The summed E-state index contributed by atoms with van der Waals surface area (Å²) in [6.45, 7) is 9.12. The van der Waals surface area contributed by atoms with Gasteiger partial charge in [-0.05, 0) is 91.1 Å². The third-order valence-electron chi connectivity index (χ3n) is 12.4. The van der Waals surface area contributed by atoms with E-state index >= 15 is 4.39 Å². The predicted molar refractivity (Wildman–Crippen MR) is 218 cm³/mol. The molecule has 0 saturated carbocycles. The second-order valence-electron chi connectivity index (χ2n) is 15.9. The number of carbonyl (C=O) groups excluding carboxylic acids is 2. The van der Waals surface area contributed by atoms with Crippen molar-refractivity contribution in [3.05, 3.63) is 124 Å². The van der Waals surface area contributed by atoms with Crippen molar-refractivity contribution in [3.8, 4) is 17.0 Å². The quantitative estimate of drug-likeness (QED) is 0.222. The van der Waals surface area contributed by atoms with E-state index in [0.717, 1.165) is 82.3 Å². The molecular weight excluding hydrogens is 722 g/mol. The van der Waals surface area contributed by atoms with Crippen LogP contribution in [0.4, 0.5) is 21.6 Å². The van der Waals surface area contributed by atoms with Crippen LogP contribution in [-0.4, -0.2) is 113 Å². The van der Waals surface area contributed by atoms with Crippen molar-refractivity contribution in [2.75, 3.05) is 69.3 Å². The van der Waals surface area contributed by atoms with Crippen LogP contribution < -0.4 is 9.80 Å². The zero-order valence-electron chi connectivity index (χ0n) is 32.7. The smallest absolute Gasteiger partial charge is 0.264 e. The molecule has 0 unspecified atom stereocenters. The first-order valence-electron chi connectivity index (χ1n) is 19.8. The number of hydrogen-bond acceptors (Lipinski definition) is 8. The van der Waals surface area contributed by atoms with Gasteiger partial charge in [0.1, 0.15) is 17.4 Å². The number of amides is 2. The van der Waals surface area contributed by atoms with E-state index in [1.54, 1.807) is 47.5 Å². The molecule has 2 fully saturated rings. The van der Waals surface area contributed by atoms with Gasteiger partial charge >= 0.3 is 0 Å². The number of halogens is 1. The van der Waals surface area contributed by atoms with E-state index in [0.29, 0.717) is 52.0 Å². The summed E-state index contributed by atoms with van der Waals surface area (Å²) in [4.78, 5) is 45.2. The number of anilines is 3. The Morgan fingerprint density at radius 1 is 0.912 bits per heavy atom. The summed E-state index contributed by atoms with van der Waals surface area (Å²) >= 11 is 0. The fraction of sp³-hybridized carbons (Fsp3) is 0.356. The van der Waals surface area contributed by atoms with E-state index in [1.807, 2.05) is 42.6 Å². The van der Waals surface area contributed by atoms with Crippen LogP contribution in [0.2, 0.25) is 0 Å². The summed E-state index contributed by atoms with van der Waals surface area (Å²) in [7, 11) is 3.84. The number of aromatic nitrogens is 2. The first-order chi connectivity index (χ1) is 27.6. The normalized spacial score (nSPS) is 19.6. The summed E-state index contributed by atoms with van der Waals surface area (Å²) in [6.07, 6.45) is 3.23. The van der Waals surface area contributed by atoms with E-state index in [1.165, 1.54) is 17.7 Å². The van der Waals surface area contributed by atoms with Gasteiger partial charge < -0.3 is 24.2 Å². The molecular formula is C45H48FN7O4. The van der Waals surface area contributed by atoms with E-state index in [9.17, 15) is 14.7 Å². The zero-order chi connectivity index (χ0) is 39.4. The highest BCUT2D eigenvalue weighted by molar-refractivity contribution is 6.12. The minimum atomic E-state index is -0.471. The molecule has 57 heavy (non-hydrogen) atoms. The SMILES string of the molecule is Cc1c(C(=O)N(c2ccc(O)cc2)c2cnc3c(c2)CCN3C)cc(-c2cc(F)ccc2C(=O)N2Cc3ccccc3C[C@H]2CN2CCN3CCOC[C@@H]3C2)n1C. The standard InChI is InChI=1S/C45H48FN7O4/c1-29-40(45(56)53(34-9-11-38(54)12-10-34)35-21-31-14-15-48(2)43(31)47-24-35)23-42(49(29)3)41-22-33(46)8-13-39(41)44(55)52-25-32-7-5-4-6-30(32)20-36(52)26-50-16-17-51-18-19-57-28-37(51)27-50/h4-13,21-24,36-37,54H,14-20,25-28H2,1-3H3/t36-,37-/m0/s1. The molecule has 2 aromatic heterocycles. The summed E-state index contributed by atoms with van der Waals surface area (Å²) in [5.74, 6) is 0.0203. The van der Waals surface area contributed by atoms with Gasteiger partial charge in [-0.25, -0.2) is 9.37 Å². The third kappa shape index (κ3) is 6.96. The molecule has 294 valence electrons. The summed E-state index contributed by atoms with van der Waals surface area (Å²) in [5.41, 5.74) is 6.98. The van der Waals surface area contributed by atoms with E-state index in [2.05, 4.69) is 32.9 Å². The Morgan fingerprint density at radius 2 is 1.72 bits per heavy atom. The van der Waals surface area contributed by atoms with E-state index in [4.69, 9.17) is 9.72 Å². The first kappa shape index (κ1) is 37.0. The van der Waals surface area contributed by atoms with Gasteiger partial charge in [0.05, 0.1) is 30.7 Å². The lowest BCUT2D eigenvalue weighted by Crippen LogP contribution is -2.60. The minimum Gasteiger partial charge on any atom is -0.508 e. The van der Waals surface area contributed by atoms with Gasteiger partial charge in [-0.1, -0.05) is 24.3 Å². The van der Waals surface area contributed by atoms with Gasteiger partial charge in [0, 0.05) is 100 Å². The molecule has 11 nitrogen and oxygen atoms in total. The summed E-state index contributed by atoms with van der Waals surface area (Å²) in [6, 6.07) is 23.2. The molecule has 0 radical (unpaired) electrons. The van der Waals surface area contributed by atoms with Crippen molar-refractivity contribution in [2.45, 2.75) is 38.4 Å². The van der Waals surface area contributed by atoms with Gasteiger partial charge in [-0.2, -0.15) is 0 Å². The maximum Gasteiger partial charge on any atom is 0.264 e. The average molecular weight is 770 g/mol. The first-order valence-corrected chi connectivity index (χ1v) is 19.8. The molecule has 2 atom stereocenters. The molecule has 0 bridgehead atoms. The van der Waals surface area contributed by atoms with Gasteiger partial charge in [-0.15, -0.1) is 0 Å². The number of morpholine rings is 1. The van der Waals surface area contributed by atoms with E-state index in [-0.39, 0.29) is 23.6 Å². The summed E-state index contributed by atoms with van der Waals surface area (Å²) < 4.78 is 23.0. The van der Waals surface area contributed by atoms with Crippen molar-refractivity contribution in [1.82, 2.24) is 24.3 Å². The van der Waals surface area contributed by atoms with Crippen LogP contribution in [0.25, 0.3) is 11.3 Å². The highest BCUT2D eigenvalue weighted by atomic mass is 19.1. The van der Waals surface area contributed by atoms with Gasteiger partial charge in [0.15, 0.2) is 0 Å². The Bertz CT molecular complexity index is 2340. The van der Waals surface area contributed by atoms with E-state index < -0.39 is 5.82 Å². The molecule has 1 N–H and O–H groups in total. The molecule has 4 aliphatic heterocycles. The van der Waals surface area contributed by atoms with Gasteiger partial charge in [0.2, 0.25) is 0 Å². The number of rotatable bonds is 7. The lowest BCUT2D eigenvalue weighted by Gasteiger charge is -2.46. The monoisotopic (exact) mass is 769 g/mol. The molecule has 0 aliphatic carbocycles. The molecule has 4 aliphatic rings. The van der Waals surface area contributed by atoms with Crippen LogP contribution in [0.1, 0.15) is 43.1 Å². The number of phenols is 1. The Balaban J connectivity index is 1.07. The van der Waals surface area contributed by atoms with Crippen LogP contribution in [0.3, 0.4) is 0 Å². The fourth-order valence-electron chi connectivity index (χ4n) is 9.15. The number of likely N-dealkylation sites (N-methyl/N-ethyl adjacent to an activating group) is 1. The number of aromatic hydroxyl groups is 1. The predicted octanol–water partition coefficient (Wildman–Crippen LogP) is 5.79. The third-order valence-corrected chi connectivity index (χ3v) is 12.4. The molecule has 5 aromatic rings. The molecule has 9 rings (SSSR count). The maximum absolute atomic E-state index is 15.3. The Labute approximate surface area is 332 Å². The van der Waals surface area contributed by atoms with Crippen molar-refractivity contribution < 1.29 is 23.8 Å². The number of piperazine rings is 1. The number of pyridine rings is 1. The fourth-order valence-corrected chi connectivity index (χ4v) is 9.15. The Morgan fingerprint density at radius 3 is 2.54 bits per heavy atom. The second-order valence-corrected chi connectivity index (χ2v) is 15.9. The lowest BCUT2D eigenvalue weighted by molar-refractivity contribution is -0.0485. The van der Waals surface area contributed by atoms with Crippen LogP contribution in [-0.2, 0) is 31.2 Å². The largest absolute Gasteiger partial charge is 0.508 e. The second kappa shape index (κ2) is 15.1. The maximum atomic E-state index is 15.3. The summed E-state index contributed by atoms with van der Waals surface area (Å²) in [5, 5.41) is 10.1. The van der Waals surface area contributed by atoms with Crippen LogP contribution in [0.5, 0.6) is 5.75 Å². The van der Waals surface area contributed by atoms with Crippen LogP contribution in [0.15, 0.2) is 85.1 Å². The molecule has 2 amide bonds. The molecule has 3 aromatic carbocycles. The minimum absolute atomic E-state index is 0.0853. The zero-order valence-corrected chi connectivity index (χ0v) is 32.7. The van der Waals surface area contributed by atoms with Crippen molar-refractivity contribution in [3.63, 3.8) is 0 Å². The number of carbonyl (C=O) groups is 2. The topological polar surface area (TPSA) is 97.6 Å². The van der Waals surface area contributed by atoms with Crippen LogP contribution >= 0.6 is 0 Å². The molecule has 2 saturated heterocycles. The lowest BCUT2D eigenvalue weighted by atomic mass is 9.92. The molecule has 0 spiro atoms. The van der Waals surface area contributed by atoms with Crippen molar-refractivity contribution in [1.29, 1.82) is 0 Å². The number of hydrogen-bond donors (Lipinski definition) is 1. The number of phenolic OH excluding ortho intramolecular Hbond substituents is 1. The number of nitrogens with zero attached hydrogens (tertiary/aromatic N) is 7. The number of benzene rings is 3. The van der Waals surface area contributed by atoms with Crippen molar-refractivity contribution in [2.24, 2.45) is 7.05 Å². The highest BCUT2D eigenvalue weighted by Crippen LogP contribution is 2.37. The van der Waals surface area contributed by atoms with Crippen molar-refractivity contribution >= 4 is 29.0 Å². The number of ether oxygens (including phenoxy) is 1. The van der Waals surface area contributed by atoms with Gasteiger partial charge in [-0.3, -0.25) is 24.3 Å².